The van der Waals surface area contributed by atoms with Crippen molar-refractivity contribution >= 4 is 22.8 Å². The molecule has 1 spiro atoms. The number of hydrogen-bond donors (Lipinski definition) is 2. The fourth-order valence-electron chi connectivity index (χ4n) is 6.99. The second-order valence-electron chi connectivity index (χ2n) is 11.6. The van der Waals surface area contributed by atoms with E-state index in [-0.39, 0.29) is 6.54 Å². The smallest absolute Gasteiger partial charge is 0.317 e. The average molecular weight is 523 g/mol. The first-order valence-electron chi connectivity index (χ1n) is 14.4. The zero-order chi connectivity index (χ0) is 26.8. The van der Waals surface area contributed by atoms with Crippen LogP contribution in [0.3, 0.4) is 0 Å². The summed E-state index contributed by atoms with van der Waals surface area (Å²) in [6.45, 7) is 4.08. The topological polar surface area (TPSA) is 64.0 Å². The number of hydrogen-bond acceptors (Lipinski definition) is 4. The normalized spacial score (nSPS) is 19.5. The quantitative estimate of drug-likeness (QED) is 0.403. The van der Waals surface area contributed by atoms with Crippen LogP contribution in [0.1, 0.15) is 60.8 Å². The van der Waals surface area contributed by atoms with Crippen LogP contribution in [0.25, 0.3) is 11.1 Å². The molecule has 5 heteroatoms. The third-order valence-electron chi connectivity index (χ3n) is 9.28. The summed E-state index contributed by atoms with van der Waals surface area (Å²) < 4.78 is 0. The first-order chi connectivity index (χ1) is 19.0. The van der Waals surface area contributed by atoms with E-state index < -0.39 is 5.97 Å². The summed E-state index contributed by atoms with van der Waals surface area (Å²) in [4.78, 5) is 15.7. The number of carboxylic acid groups (broad SMARTS) is 1. The van der Waals surface area contributed by atoms with Crippen molar-refractivity contribution in [3.05, 3.63) is 95.1 Å². The SMILES string of the molecule is O=C(O)CN1CCC2(CC1)CCN(c1ccc(C3=C(c4ccccc4)CCCc4cc(O)ccc43)cc1)CC2. The van der Waals surface area contributed by atoms with E-state index in [9.17, 15) is 9.90 Å². The number of allylic oxidation sites excluding steroid dienone is 1. The predicted molar refractivity (Wildman–Crippen MR) is 157 cm³/mol. The van der Waals surface area contributed by atoms with Gasteiger partial charge < -0.3 is 15.1 Å². The number of nitrogens with zero attached hydrogens (tertiary/aromatic N) is 2. The van der Waals surface area contributed by atoms with Gasteiger partial charge in [-0.2, -0.15) is 0 Å². The number of benzene rings is 3. The highest BCUT2D eigenvalue weighted by atomic mass is 16.4. The van der Waals surface area contributed by atoms with Gasteiger partial charge in [-0.3, -0.25) is 9.69 Å². The summed E-state index contributed by atoms with van der Waals surface area (Å²) >= 11 is 0. The van der Waals surface area contributed by atoms with Crippen molar-refractivity contribution in [3.8, 4) is 5.75 Å². The summed E-state index contributed by atoms with van der Waals surface area (Å²) in [6, 6.07) is 25.7. The highest BCUT2D eigenvalue weighted by molar-refractivity contribution is 6.00. The zero-order valence-electron chi connectivity index (χ0n) is 22.6. The number of fused-ring (bicyclic) bond motifs is 1. The van der Waals surface area contributed by atoms with Crippen LogP contribution in [-0.4, -0.2) is 53.8 Å². The summed E-state index contributed by atoms with van der Waals surface area (Å²) in [5.74, 6) is -0.386. The van der Waals surface area contributed by atoms with Gasteiger partial charge in [-0.25, -0.2) is 0 Å². The molecule has 0 unspecified atom stereocenters. The molecule has 6 rings (SSSR count). The maximum absolute atomic E-state index is 11.1. The molecule has 3 aromatic carbocycles. The standard InChI is InChI=1S/C34H38N2O3/c37-29-13-14-31-27(23-29)7-4-8-30(25-5-2-1-3-6-25)33(31)26-9-11-28(12-10-26)36-21-17-34(18-22-36)15-19-35(20-16-34)24-32(38)39/h1-3,5-6,9-14,23,37H,4,7-8,15-22,24H2,(H,38,39). The van der Waals surface area contributed by atoms with Crippen molar-refractivity contribution < 1.29 is 15.0 Å². The molecule has 3 aliphatic rings. The number of aryl methyl sites for hydroxylation is 1. The Morgan fingerprint density at radius 1 is 0.795 bits per heavy atom. The molecule has 39 heavy (non-hydrogen) atoms. The molecule has 2 heterocycles. The molecule has 2 fully saturated rings. The van der Waals surface area contributed by atoms with Crippen LogP contribution in [0.2, 0.25) is 0 Å². The summed E-state index contributed by atoms with van der Waals surface area (Å²) in [5, 5.41) is 19.3. The first kappa shape index (κ1) is 25.7. The number of aromatic hydroxyl groups is 1. The van der Waals surface area contributed by atoms with Crippen LogP contribution in [0.5, 0.6) is 5.75 Å². The molecule has 2 aliphatic heterocycles. The number of anilines is 1. The van der Waals surface area contributed by atoms with Crippen molar-refractivity contribution in [1.29, 1.82) is 0 Å². The maximum atomic E-state index is 11.1. The van der Waals surface area contributed by atoms with Gasteiger partial charge in [0.1, 0.15) is 5.75 Å². The van der Waals surface area contributed by atoms with Gasteiger partial charge in [0.05, 0.1) is 6.54 Å². The Bertz CT molecular complexity index is 1340. The second kappa shape index (κ2) is 10.9. The largest absolute Gasteiger partial charge is 0.508 e. The minimum absolute atomic E-state index is 0.169. The fraction of sp³-hybridized carbons (Fsp3) is 0.382. The van der Waals surface area contributed by atoms with Crippen molar-refractivity contribution in [1.82, 2.24) is 4.90 Å². The summed E-state index contributed by atoms with van der Waals surface area (Å²) in [5.41, 5.74) is 9.25. The molecule has 3 aromatic rings. The average Bonchev–Trinajstić information content (AvgIpc) is 3.14. The molecular weight excluding hydrogens is 484 g/mol. The van der Waals surface area contributed by atoms with Gasteiger partial charge in [-0.05, 0) is 121 Å². The predicted octanol–water partition coefficient (Wildman–Crippen LogP) is 6.45. The molecule has 1 aliphatic carbocycles. The lowest BCUT2D eigenvalue weighted by Gasteiger charge is -2.47. The Morgan fingerprint density at radius 3 is 2.18 bits per heavy atom. The molecule has 0 atom stereocenters. The Balaban J connectivity index is 1.23. The van der Waals surface area contributed by atoms with Gasteiger partial charge in [0.25, 0.3) is 0 Å². The minimum atomic E-state index is -0.721. The Morgan fingerprint density at radius 2 is 1.49 bits per heavy atom. The summed E-state index contributed by atoms with van der Waals surface area (Å²) in [7, 11) is 0. The van der Waals surface area contributed by atoms with Crippen LogP contribution in [0.4, 0.5) is 5.69 Å². The van der Waals surface area contributed by atoms with Crippen LogP contribution in [0, 0.1) is 5.41 Å². The third-order valence-corrected chi connectivity index (χ3v) is 9.28. The number of likely N-dealkylation sites (tertiary alicyclic amines) is 1. The van der Waals surface area contributed by atoms with Crippen molar-refractivity contribution in [3.63, 3.8) is 0 Å². The Labute approximate surface area is 231 Å². The van der Waals surface area contributed by atoms with E-state index in [0.29, 0.717) is 11.2 Å². The van der Waals surface area contributed by atoms with Crippen molar-refractivity contribution in [2.75, 3.05) is 37.6 Å². The van der Waals surface area contributed by atoms with Gasteiger partial charge in [0, 0.05) is 18.8 Å². The number of phenolic OH excluding ortho intramolecular Hbond substituents is 1. The van der Waals surface area contributed by atoms with E-state index in [2.05, 4.69) is 70.5 Å². The number of carbonyl (C=O) groups is 1. The number of carboxylic acids is 1. The molecule has 0 saturated carbocycles. The van der Waals surface area contributed by atoms with Gasteiger partial charge in [0.2, 0.25) is 0 Å². The van der Waals surface area contributed by atoms with E-state index in [4.69, 9.17) is 5.11 Å². The zero-order valence-corrected chi connectivity index (χ0v) is 22.6. The number of piperidine rings is 2. The van der Waals surface area contributed by atoms with Gasteiger partial charge >= 0.3 is 5.97 Å². The lowest BCUT2D eigenvalue weighted by atomic mass is 9.71. The lowest BCUT2D eigenvalue weighted by Crippen LogP contribution is -2.47. The van der Waals surface area contributed by atoms with E-state index in [0.717, 1.165) is 58.3 Å². The van der Waals surface area contributed by atoms with Gasteiger partial charge in [-0.1, -0.05) is 48.5 Å². The second-order valence-corrected chi connectivity index (χ2v) is 11.6. The van der Waals surface area contributed by atoms with E-state index in [1.54, 1.807) is 0 Å². The van der Waals surface area contributed by atoms with Crippen LogP contribution in [-0.2, 0) is 11.2 Å². The first-order valence-corrected chi connectivity index (χ1v) is 14.4. The molecule has 2 saturated heterocycles. The molecule has 0 bridgehead atoms. The van der Waals surface area contributed by atoms with E-state index >= 15 is 0 Å². The minimum Gasteiger partial charge on any atom is -0.508 e. The molecule has 5 nitrogen and oxygen atoms in total. The van der Waals surface area contributed by atoms with Gasteiger partial charge in [0.15, 0.2) is 0 Å². The summed E-state index contributed by atoms with van der Waals surface area (Å²) in [6.07, 6.45) is 7.61. The Kier molecular flexibility index (Phi) is 7.18. The van der Waals surface area contributed by atoms with E-state index in [1.165, 1.54) is 51.9 Å². The number of phenols is 1. The van der Waals surface area contributed by atoms with Crippen LogP contribution >= 0.6 is 0 Å². The van der Waals surface area contributed by atoms with E-state index in [1.807, 2.05) is 12.1 Å². The third kappa shape index (κ3) is 5.46. The molecule has 0 aromatic heterocycles. The molecule has 0 radical (unpaired) electrons. The monoisotopic (exact) mass is 522 g/mol. The fourth-order valence-corrected chi connectivity index (χ4v) is 6.99. The molecule has 2 N–H and O–H groups in total. The van der Waals surface area contributed by atoms with Crippen LogP contribution in [0.15, 0.2) is 72.8 Å². The van der Waals surface area contributed by atoms with Crippen molar-refractivity contribution in [2.45, 2.75) is 44.9 Å². The Hall–Kier alpha value is -3.57. The highest BCUT2D eigenvalue weighted by Crippen LogP contribution is 2.43. The van der Waals surface area contributed by atoms with Crippen molar-refractivity contribution in [2.24, 2.45) is 5.41 Å². The molecule has 202 valence electrons. The number of rotatable bonds is 5. The lowest BCUT2D eigenvalue weighted by molar-refractivity contribution is -0.139. The highest BCUT2D eigenvalue weighted by Gasteiger charge is 2.37. The van der Waals surface area contributed by atoms with Crippen LogP contribution < -0.4 is 4.90 Å². The number of aliphatic carboxylic acids is 1. The molecule has 0 amide bonds. The van der Waals surface area contributed by atoms with Gasteiger partial charge in [-0.15, -0.1) is 0 Å². The maximum Gasteiger partial charge on any atom is 0.317 e. The molecular formula is C34H38N2O3.